The van der Waals surface area contributed by atoms with E-state index >= 15 is 0 Å². The van der Waals surface area contributed by atoms with Crippen molar-refractivity contribution in [3.63, 3.8) is 0 Å². The minimum atomic E-state index is -0.792. The number of carbonyl (C=O) groups is 1. The van der Waals surface area contributed by atoms with Gasteiger partial charge in [-0.3, -0.25) is 4.90 Å². The largest absolute Gasteiger partial charge is 0.449 e. The summed E-state index contributed by atoms with van der Waals surface area (Å²) in [5, 5.41) is 0. The standard InChI is InChI=1S/C17H28N2.C4H5ClO2/c1-4-18(5-2)13-17-14-19(11-15(17)3)12-16-9-7-6-8-10-16;1-2-3-7-4(5)6/h6-10,15,17H,4-5,11-14H2,1-3H3;2H,1,3H2. The summed E-state index contributed by atoms with van der Waals surface area (Å²) in [5.74, 6) is 1.66. The van der Waals surface area contributed by atoms with Crippen LogP contribution in [0.4, 0.5) is 4.79 Å². The van der Waals surface area contributed by atoms with Crippen LogP contribution >= 0.6 is 11.6 Å². The maximum atomic E-state index is 9.70. The highest BCUT2D eigenvalue weighted by atomic mass is 35.5. The lowest BCUT2D eigenvalue weighted by Crippen LogP contribution is -2.32. The van der Waals surface area contributed by atoms with Crippen LogP contribution in [0, 0.1) is 11.8 Å². The third kappa shape index (κ3) is 8.84. The highest BCUT2D eigenvalue weighted by Crippen LogP contribution is 2.25. The van der Waals surface area contributed by atoms with Gasteiger partial charge in [0.2, 0.25) is 0 Å². The van der Waals surface area contributed by atoms with Crippen LogP contribution in [0.1, 0.15) is 26.3 Å². The molecule has 0 N–H and O–H groups in total. The van der Waals surface area contributed by atoms with Crippen LogP contribution in [0.15, 0.2) is 43.0 Å². The Bertz CT molecular complexity index is 520. The highest BCUT2D eigenvalue weighted by Gasteiger charge is 2.30. The molecule has 2 unspecified atom stereocenters. The van der Waals surface area contributed by atoms with Crippen molar-refractivity contribution in [2.75, 3.05) is 39.3 Å². The first-order chi connectivity index (χ1) is 12.5. The molecule has 1 aromatic rings. The average Bonchev–Trinajstić information content (AvgIpc) is 2.98. The van der Waals surface area contributed by atoms with Gasteiger partial charge in [-0.2, -0.15) is 0 Å². The SMILES string of the molecule is C=CCOC(=O)Cl.CCN(CC)CC1CN(Cc2ccccc2)CC1C. The molecule has 2 rings (SSSR count). The summed E-state index contributed by atoms with van der Waals surface area (Å²) in [6.45, 7) is 17.7. The Labute approximate surface area is 163 Å². The van der Waals surface area contributed by atoms with Crippen molar-refractivity contribution in [2.24, 2.45) is 11.8 Å². The predicted octanol–water partition coefficient (Wildman–Crippen LogP) is 4.64. The Morgan fingerprint density at radius 1 is 1.31 bits per heavy atom. The molecule has 26 heavy (non-hydrogen) atoms. The summed E-state index contributed by atoms with van der Waals surface area (Å²) in [6, 6.07) is 10.9. The van der Waals surface area contributed by atoms with Crippen LogP contribution in [0.5, 0.6) is 0 Å². The third-order valence-corrected chi connectivity index (χ3v) is 4.90. The fraction of sp³-hybridized carbons (Fsp3) is 0.571. The van der Waals surface area contributed by atoms with Gasteiger partial charge in [0.05, 0.1) is 0 Å². The Kier molecular flexibility index (Phi) is 11.3. The molecule has 4 nitrogen and oxygen atoms in total. The van der Waals surface area contributed by atoms with Crippen LogP contribution in [-0.4, -0.2) is 54.6 Å². The molecule has 1 aromatic carbocycles. The van der Waals surface area contributed by atoms with Gasteiger partial charge in [-0.05, 0) is 30.5 Å². The molecule has 5 heteroatoms. The van der Waals surface area contributed by atoms with E-state index in [0.29, 0.717) is 0 Å². The Morgan fingerprint density at radius 3 is 2.46 bits per heavy atom. The number of likely N-dealkylation sites (tertiary alicyclic amines) is 1. The van der Waals surface area contributed by atoms with Crippen molar-refractivity contribution >= 4 is 17.0 Å². The fourth-order valence-corrected chi connectivity index (χ4v) is 3.35. The first-order valence-corrected chi connectivity index (χ1v) is 9.79. The number of halogens is 1. The van der Waals surface area contributed by atoms with Crippen LogP contribution in [0.3, 0.4) is 0 Å². The zero-order valence-electron chi connectivity index (χ0n) is 16.4. The van der Waals surface area contributed by atoms with Crippen LogP contribution < -0.4 is 0 Å². The van der Waals surface area contributed by atoms with E-state index in [1.54, 1.807) is 0 Å². The minimum absolute atomic E-state index is 0.183. The van der Waals surface area contributed by atoms with Gasteiger partial charge in [0.25, 0.3) is 0 Å². The molecule has 0 amide bonds. The van der Waals surface area contributed by atoms with Crippen LogP contribution in [-0.2, 0) is 11.3 Å². The third-order valence-electron chi connectivity index (χ3n) is 4.79. The van der Waals surface area contributed by atoms with Gasteiger partial charge in [0.1, 0.15) is 6.61 Å². The summed E-state index contributed by atoms with van der Waals surface area (Å²) in [6.07, 6.45) is 1.44. The second kappa shape index (κ2) is 12.9. The van der Waals surface area contributed by atoms with Crippen molar-refractivity contribution in [1.29, 1.82) is 0 Å². The lowest BCUT2D eigenvalue weighted by molar-refractivity contribution is 0.186. The number of ether oxygens (including phenoxy) is 1. The summed E-state index contributed by atoms with van der Waals surface area (Å²) in [5.41, 5.74) is 0.651. The summed E-state index contributed by atoms with van der Waals surface area (Å²) in [4.78, 5) is 14.9. The zero-order chi connectivity index (χ0) is 19.4. The van der Waals surface area contributed by atoms with Crippen molar-refractivity contribution in [3.8, 4) is 0 Å². The number of hydrogen-bond donors (Lipinski definition) is 0. The Balaban J connectivity index is 0.000000412. The molecule has 2 atom stereocenters. The van der Waals surface area contributed by atoms with E-state index in [2.05, 4.69) is 72.2 Å². The summed E-state index contributed by atoms with van der Waals surface area (Å²) >= 11 is 4.75. The molecule has 1 saturated heterocycles. The molecule has 0 aromatic heterocycles. The highest BCUT2D eigenvalue weighted by molar-refractivity contribution is 6.61. The molecule has 1 fully saturated rings. The van der Waals surface area contributed by atoms with E-state index in [-0.39, 0.29) is 6.61 Å². The topological polar surface area (TPSA) is 32.8 Å². The van der Waals surface area contributed by atoms with Crippen molar-refractivity contribution < 1.29 is 9.53 Å². The molecule has 1 aliphatic heterocycles. The zero-order valence-corrected chi connectivity index (χ0v) is 17.1. The van der Waals surface area contributed by atoms with E-state index in [4.69, 9.17) is 11.6 Å². The van der Waals surface area contributed by atoms with Gasteiger partial charge >= 0.3 is 5.43 Å². The minimum Gasteiger partial charge on any atom is -0.449 e. The second-order valence-electron chi connectivity index (χ2n) is 6.74. The molecule has 0 bridgehead atoms. The number of benzene rings is 1. The molecule has 0 saturated carbocycles. The predicted molar refractivity (Wildman–Crippen MR) is 110 cm³/mol. The van der Waals surface area contributed by atoms with Gasteiger partial charge in [-0.25, -0.2) is 4.79 Å². The molecule has 0 radical (unpaired) electrons. The van der Waals surface area contributed by atoms with Crippen molar-refractivity contribution in [3.05, 3.63) is 48.6 Å². The first kappa shape index (κ1) is 22.7. The van der Waals surface area contributed by atoms with Gasteiger partial charge in [-0.15, -0.1) is 0 Å². The molecule has 1 aliphatic rings. The number of carbonyl (C=O) groups excluding carboxylic acids is 1. The van der Waals surface area contributed by atoms with Crippen LogP contribution in [0.25, 0.3) is 0 Å². The van der Waals surface area contributed by atoms with E-state index in [0.717, 1.165) is 18.4 Å². The van der Waals surface area contributed by atoms with Crippen LogP contribution in [0.2, 0.25) is 0 Å². The van der Waals surface area contributed by atoms with Gasteiger partial charge in [-0.1, -0.05) is 63.8 Å². The van der Waals surface area contributed by atoms with E-state index in [1.165, 1.54) is 44.4 Å². The molecular weight excluding hydrogens is 348 g/mol. The fourth-order valence-electron chi connectivity index (χ4n) is 3.29. The Hall–Kier alpha value is -1.36. The quantitative estimate of drug-likeness (QED) is 0.485. The second-order valence-corrected chi connectivity index (χ2v) is 7.05. The molecule has 0 spiro atoms. The molecular formula is C21H33ClN2O2. The summed E-state index contributed by atoms with van der Waals surface area (Å²) < 4.78 is 4.20. The van der Waals surface area contributed by atoms with Gasteiger partial charge in [0.15, 0.2) is 0 Å². The summed E-state index contributed by atoms with van der Waals surface area (Å²) in [7, 11) is 0. The normalized spacial score (nSPS) is 19.7. The van der Waals surface area contributed by atoms with E-state index in [9.17, 15) is 4.79 Å². The Morgan fingerprint density at radius 2 is 1.96 bits per heavy atom. The lowest BCUT2D eigenvalue weighted by atomic mass is 9.98. The maximum absolute atomic E-state index is 9.70. The maximum Gasteiger partial charge on any atom is 0.404 e. The monoisotopic (exact) mass is 380 g/mol. The number of rotatable bonds is 8. The van der Waals surface area contributed by atoms with Crippen molar-refractivity contribution in [1.82, 2.24) is 9.80 Å². The molecule has 146 valence electrons. The molecule has 1 heterocycles. The van der Waals surface area contributed by atoms with Crippen molar-refractivity contribution in [2.45, 2.75) is 27.3 Å². The van der Waals surface area contributed by atoms with E-state index < -0.39 is 5.43 Å². The number of hydrogen-bond acceptors (Lipinski definition) is 4. The first-order valence-electron chi connectivity index (χ1n) is 9.41. The van der Waals surface area contributed by atoms with Gasteiger partial charge < -0.3 is 9.64 Å². The smallest absolute Gasteiger partial charge is 0.404 e. The molecule has 0 aliphatic carbocycles. The van der Waals surface area contributed by atoms with Gasteiger partial charge in [0, 0.05) is 37.8 Å². The number of nitrogens with zero attached hydrogens (tertiary/aromatic N) is 2. The van der Waals surface area contributed by atoms with E-state index in [1.807, 2.05) is 0 Å². The lowest BCUT2D eigenvalue weighted by Gasteiger charge is -2.24. The average molecular weight is 381 g/mol.